The van der Waals surface area contributed by atoms with E-state index in [9.17, 15) is 0 Å². The quantitative estimate of drug-likeness (QED) is 0.251. The fraction of sp³-hybridized carbons (Fsp3) is 1.00. The molecule has 0 saturated heterocycles. The molecule has 1 atom stereocenters. The minimum absolute atomic E-state index is 0.106. The summed E-state index contributed by atoms with van der Waals surface area (Å²) in [7, 11) is 0. The van der Waals surface area contributed by atoms with Gasteiger partial charge in [0.1, 0.15) is 0 Å². The summed E-state index contributed by atoms with van der Waals surface area (Å²) < 4.78 is 0. The Bertz CT molecular complexity index is 379. The van der Waals surface area contributed by atoms with Crippen molar-refractivity contribution in [1.82, 2.24) is 0 Å². The predicted molar refractivity (Wildman–Crippen MR) is 102 cm³/mol. The van der Waals surface area contributed by atoms with Crippen LogP contribution in [0.1, 0.15) is 107 Å². The van der Waals surface area contributed by atoms with Crippen LogP contribution in [0.4, 0.5) is 0 Å². The summed E-state index contributed by atoms with van der Waals surface area (Å²) in [4.78, 5) is 23.9. The molecule has 1 rings (SSSR count). The van der Waals surface area contributed by atoms with Crippen LogP contribution in [0.25, 0.3) is 0 Å². The number of hydrogen-bond acceptors (Lipinski definition) is 4. The molecule has 0 aromatic heterocycles. The molecule has 4 nitrogen and oxygen atoms in total. The third kappa shape index (κ3) is 6.50. The van der Waals surface area contributed by atoms with Gasteiger partial charge in [-0.15, -0.1) is 0 Å². The molecule has 150 valence electrons. The van der Waals surface area contributed by atoms with Crippen LogP contribution >= 0.6 is 0 Å². The first kappa shape index (κ1) is 22.9. The van der Waals surface area contributed by atoms with Gasteiger partial charge < -0.3 is 0 Å². The van der Waals surface area contributed by atoms with Crippen molar-refractivity contribution < 1.29 is 19.6 Å². The molecule has 4 heteroatoms. The van der Waals surface area contributed by atoms with E-state index in [2.05, 4.69) is 62.3 Å². The Labute approximate surface area is 155 Å². The minimum Gasteiger partial charge on any atom is -0.228 e. The largest absolute Gasteiger partial charge is 0.237 e. The molecule has 1 aliphatic carbocycles. The van der Waals surface area contributed by atoms with Gasteiger partial charge in [-0.25, -0.2) is 9.78 Å². The molecule has 1 saturated carbocycles. The second-order valence-corrected chi connectivity index (χ2v) is 9.73. The third-order valence-corrected chi connectivity index (χ3v) is 5.70. The molecule has 0 aromatic rings. The maximum atomic E-state index is 6.06. The second-order valence-electron chi connectivity index (χ2n) is 9.73. The lowest BCUT2D eigenvalue weighted by molar-refractivity contribution is -0.562. The van der Waals surface area contributed by atoms with Crippen molar-refractivity contribution in [1.29, 1.82) is 0 Å². The molecule has 0 heterocycles. The zero-order chi connectivity index (χ0) is 19.4. The van der Waals surface area contributed by atoms with E-state index in [-0.39, 0.29) is 22.5 Å². The van der Waals surface area contributed by atoms with E-state index in [0.29, 0.717) is 0 Å². The van der Waals surface area contributed by atoms with Crippen LogP contribution in [0.2, 0.25) is 0 Å². The molecular formula is C21H42O4. The van der Waals surface area contributed by atoms with Gasteiger partial charge in [-0.2, -0.15) is 9.78 Å². The molecule has 0 amide bonds. The summed E-state index contributed by atoms with van der Waals surface area (Å²) in [6.07, 6.45) is 6.93. The summed E-state index contributed by atoms with van der Waals surface area (Å²) in [6, 6.07) is 0. The molecule has 1 aliphatic rings. The minimum atomic E-state index is -0.863. The molecule has 0 aromatic carbocycles. The molecule has 0 N–H and O–H groups in total. The van der Waals surface area contributed by atoms with Crippen LogP contribution in [0.3, 0.4) is 0 Å². The van der Waals surface area contributed by atoms with Gasteiger partial charge in [-0.05, 0) is 58.8 Å². The summed E-state index contributed by atoms with van der Waals surface area (Å²) in [5.74, 6) is -0.707. The van der Waals surface area contributed by atoms with Crippen molar-refractivity contribution in [3.63, 3.8) is 0 Å². The molecule has 1 unspecified atom stereocenters. The van der Waals surface area contributed by atoms with Gasteiger partial charge in [-0.1, -0.05) is 47.5 Å². The molecule has 25 heavy (non-hydrogen) atoms. The normalized spacial score (nSPS) is 23.6. The van der Waals surface area contributed by atoms with Crippen molar-refractivity contribution in [2.45, 2.75) is 124 Å². The Morgan fingerprint density at radius 3 is 1.68 bits per heavy atom. The molecular weight excluding hydrogens is 316 g/mol. The maximum absolute atomic E-state index is 6.06. The number of rotatable bonds is 10. The lowest BCUT2D eigenvalue weighted by atomic mass is 9.66. The van der Waals surface area contributed by atoms with Crippen LogP contribution in [0.5, 0.6) is 0 Å². The van der Waals surface area contributed by atoms with Crippen molar-refractivity contribution in [2.75, 3.05) is 0 Å². The summed E-state index contributed by atoms with van der Waals surface area (Å²) >= 11 is 0. The van der Waals surface area contributed by atoms with Gasteiger partial charge in [0, 0.05) is 12.3 Å². The fourth-order valence-electron chi connectivity index (χ4n) is 3.71. The van der Waals surface area contributed by atoms with E-state index in [0.717, 1.165) is 44.9 Å². The zero-order valence-corrected chi connectivity index (χ0v) is 18.2. The average Bonchev–Trinajstić information content (AvgIpc) is 2.48. The summed E-state index contributed by atoms with van der Waals surface area (Å²) in [5.41, 5.74) is -0.578. The highest BCUT2D eigenvalue weighted by Gasteiger charge is 2.52. The fourth-order valence-corrected chi connectivity index (χ4v) is 3.71. The predicted octanol–water partition coefficient (Wildman–Crippen LogP) is 6.58. The van der Waals surface area contributed by atoms with Crippen molar-refractivity contribution in [3.05, 3.63) is 0 Å². The second kappa shape index (κ2) is 8.69. The maximum Gasteiger partial charge on any atom is 0.237 e. The van der Waals surface area contributed by atoms with Gasteiger partial charge in [0.15, 0.2) is 0 Å². The van der Waals surface area contributed by atoms with Crippen molar-refractivity contribution in [3.8, 4) is 0 Å². The summed E-state index contributed by atoms with van der Waals surface area (Å²) in [5, 5.41) is 0. The van der Waals surface area contributed by atoms with E-state index in [1.54, 1.807) is 0 Å². The van der Waals surface area contributed by atoms with E-state index in [1.165, 1.54) is 0 Å². The lowest BCUT2D eigenvalue weighted by Crippen LogP contribution is -2.53. The first-order chi connectivity index (χ1) is 11.4. The Kier molecular flexibility index (Phi) is 7.95. The van der Waals surface area contributed by atoms with Crippen LogP contribution < -0.4 is 0 Å². The highest BCUT2D eigenvalue weighted by atomic mass is 17.3. The first-order valence-corrected chi connectivity index (χ1v) is 10.1. The Balaban J connectivity index is 2.94. The van der Waals surface area contributed by atoms with Crippen LogP contribution in [-0.2, 0) is 19.6 Å². The van der Waals surface area contributed by atoms with Gasteiger partial charge in [0.2, 0.25) is 5.79 Å². The van der Waals surface area contributed by atoms with Gasteiger partial charge in [-0.3, -0.25) is 0 Å². The third-order valence-electron chi connectivity index (χ3n) is 5.70. The van der Waals surface area contributed by atoms with E-state index >= 15 is 0 Å². The highest BCUT2D eigenvalue weighted by Crippen LogP contribution is 2.49. The van der Waals surface area contributed by atoms with E-state index < -0.39 is 5.79 Å². The Morgan fingerprint density at radius 2 is 1.28 bits per heavy atom. The SMILES string of the molecule is CCCC(C)(C)OOC1(OOC(C)(C)CCC)CCCC(C)(C)C1C. The molecule has 0 radical (unpaired) electrons. The van der Waals surface area contributed by atoms with Gasteiger partial charge in [0.05, 0.1) is 11.2 Å². The molecule has 0 bridgehead atoms. The van der Waals surface area contributed by atoms with Crippen LogP contribution in [-0.4, -0.2) is 17.0 Å². The van der Waals surface area contributed by atoms with E-state index in [4.69, 9.17) is 19.6 Å². The highest BCUT2D eigenvalue weighted by molar-refractivity contribution is 4.91. The lowest BCUT2D eigenvalue weighted by Gasteiger charge is -2.49. The Hall–Kier alpha value is -0.160. The number of hydrogen-bond donors (Lipinski definition) is 0. The average molecular weight is 359 g/mol. The Morgan fingerprint density at radius 1 is 0.840 bits per heavy atom. The van der Waals surface area contributed by atoms with Gasteiger partial charge >= 0.3 is 0 Å². The van der Waals surface area contributed by atoms with E-state index in [1.807, 2.05) is 0 Å². The topological polar surface area (TPSA) is 36.9 Å². The van der Waals surface area contributed by atoms with Crippen LogP contribution in [0.15, 0.2) is 0 Å². The molecule has 0 spiro atoms. The van der Waals surface area contributed by atoms with Crippen molar-refractivity contribution in [2.24, 2.45) is 11.3 Å². The zero-order valence-electron chi connectivity index (χ0n) is 18.2. The molecule has 0 aliphatic heterocycles. The molecule has 1 fully saturated rings. The smallest absolute Gasteiger partial charge is 0.228 e. The monoisotopic (exact) mass is 358 g/mol. The first-order valence-electron chi connectivity index (χ1n) is 10.1. The summed E-state index contributed by atoms with van der Waals surface area (Å²) in [6.45, 7) is 19.3. The van der Waals surface area contributed by atoms with Gasteiger partial charge in [0.25, 0.3) is 0 Å². The van der Waals surface area contributed by atoms with Crippen molar-refractivity contribution >= 4 is 0 Å². The van der Waals surface area contributed by atoms with Crippen LogP contribution in [0, 0.1) is 11.3 Å². The standard InChI is InChI=1S/C21H42O4/c1-10-13-19(6,7)22-24-21(25-23-20(8,9)14-11-2)16-12-15-18(4,5)17(21)3/h17H,10-16H2,1-9H3.